The Balaban J connectivity index is 2.03. The molecule has 2 aromatic rings. The van der Waals surface area contributed by atoms with E-state index < -0.39 is 6.04 Å². The lowest BCUT2D eigenvalue weighted by atomic mass is 10.1. The molecule has 0 saturated heterocycles. The van der Waals surface area contributed by atoms with Crippen molar-refractivity contribution in [2.75, 3.05) is 4.90 Å². The number of benzene rings is 1. The lowest BCUT2D eigenvalue weighted by Gasteiger charge is -2.16. The van der Waals surface area contributed by atoms with E-state index in [0.29, 0.717) is 12.1 Å². The van der Waals surface area contributed by atoms with E-state index in [0.717, 1.165) is 16.1 Å². The normalized spacial score (nSPS) is 17.4. The highest BCUT2D eigenvalue weighted by atomic mass is 32.1. The Kier molecular flexibility index (Phi) is 2.82. The topological polar surface area (TPSA) is 70.1 Å². The monoisotopic (exact) mass is 269 g/mol. The molecule has 94 valence electrons. The fourth-order valence-corrected chi connectivity index (χ4v) is 2.94. The summed E-state index contributed by atoms with van der Waals surface area (Å²) in [7, 11) is 0. The van der Waals surface area contributed by atoms with Crippen LogP contribution < -0.4 is 10.6 Å². The van der Waals surface area contributed by atoms with Gasteiger partial charge in [-0.1, -0.05) is 12.1 Å². The van der Waals surface area contributed by atoms with Crippen molar-refractivity contribution in [3.8, 4) is 6.07 Å². The van der Waals surface area contributed by atoms with E-state index in [4.69, 9.17) is 11.0 Å². The summed E-state index contributed by atoms with van der Waals surface area (Å²) >= 11 is 1.60. The van der Waals surface area contributed by atoms with Crippen molar-refractivity contribution in [1.29, 1.82) is 5.26 Å². The van der Waals surface area contributed by atoms with Crippen LogP contribution in [0.1, 0.15) is 22.0 Å². The molecule has 0 unspecified atom stereocenters. The summed E-state index contributed by atoms with van der Waals surface area (Å²) in [5.41, 5.74) is 8.02. The number of amides is 1. The van der Waals surface area contributed by atoms with Gasteiger partial charge in [-0.25, -0.2) is 0 Å². The number of carbonyl (C=O) groups excluding carboxylic acids is 1. The van der Waals surface area contributed by atoms with Crippen LogP contribution in [0.3, 0.4) is 0 Å². The minimum Gasteiger partial charge on any atom is -0.316 e. The fourth-order valence-electron chi connectivity index (χ4n) is 2.25. The standard InChI is InChI=1S/C14H11N3OS/c15-7-9-3-4-11-12(6-9)17(14(18)13(11)16)8-10-2-1-5-19-10/h1-6,13H,8,16H2/t13-/m0/s1. The van der Waals surface area contributed by atoms with Crippen LogP contribution in [0.4, 0.5) is 5.69 Å². The maximum atomic E-state index is 12.2. The molecule has 0 bridgehead atoms. The lowest BCUT2D eigenvalue weighted by Crippen LogP contribution is -2.30. The Hall–Kier alpha value is -2.16. The zero-order valence-corrected chi connectivity index (χ0v) is 10.9. The Morgan fingerprint density at radius 2 is 2.26 bits per heavy atom. The molecule has 2 N–H and O–H groups in total. The maximum absolute atomic E-state index is 12.2. The molecule has 0 spiro atoms. The summed E-state index contributed by atoms with van der Waals surface area (Å²) < 4.78 is 0. The third-order valence-corrected chi connectivity index (χ3v) is 4.07. The third-order valence-electron chi connectivity index (χ3n) is 3.21. The number of nitrogens with two attached hydrogens (primary N) is 1. The number of hydrogen-bond donors (Lipinski definition) is 1. The van der Waals surface area contributed by atoms with Gasteiger partial charge in [-0.3, -0.25) is 4.79 Å². The zero-order valence-electron chi connectivity index (χ0n) is 10.0. The Morgan fingerprint density at radius 3 is 2.95 bits per heavy atom. The number of thiophene rings is 1. The van der Waals surface area contributed by atoms with Crippen LogP contribution in [0, 0.1) is 11.3 Å². The van der Waals surface area contributed by atoms with Crippen molar-refractivity contribution < 1.29 is 4.79 Å². The van der Waals surface area contributed by atoms with Crippen molar-refractivity contribution in [3.05, 3.63) is 51.7 Å². The molecule has 1 aliphatic heterocycles. The summed E-state index contributed by atoms with van der Waals surface area (Å²) in [5.74, 6) is -0.113. The van der Waals surface area contributed by atoms with Gasteiger partial charge in [0.1, 0.15) is 6.04 Å². The molecule has 0 fully saturated rings. The number of hydrogen-bond acceptors (Lipinski definition) is 4. The number of rotatable bonds is 2. The first kappa shape index (κ1) is 11.9. The molecule has 5 heteroatoms. The average Bonchev–Trinajstić information content (AvgIpc) is 3.02. The largest absolute Gasteiger partial charge is 0.316 e. The maximum Gasteiger partial charge on any atom is 0.248 e. The van der Waals surface area contributed by atoms with E-state index in [1.54, 1.807) is 34.4 Å². The smallest absolute Gasteiger partial charge is 0.248 e. The molecule has 0 saturated carbocycles. The molecule has 1 amide bonds. The molecule has 1 atom stereocenters. The van der Waals surface area contributed by atoms with Gasteiger partial charge >= 0.3 is 0 Å². The van der Waals surface area contributed by atoms with E-state index in [-0.39, 0.29) is 5.91 Å². The highest BCUT2D eigenvalue weighted by Gasteiger charge is 2.34. The van der Waals surface area contributed by atoms with Crippen LogP contribution in [0.5, 0.6) is 0 Å². The van der Waals surface area contributed by atoms with Gasteiger partial charge in [0.05, 0.1) is 23.9 Å². The summed E-state index contributed by atoms with van der Waals surface area (Å²) in [5, 5.41) is 10.9. The second-order valence-corrected chi connectivity index (χ2v) is 5.40. The van der Waals surface area contributed by atoms with Crippen LogP contribution in [-0.2, 0) is 11.3 Å². The quantitative estimate of drug-likeness (QED) is 0.908. The minimum atomic E-state index is -0.622. The molecule has 0 radical (unpaired) electrons. The van der Waals surface area contributed by atoms with Crippen molar-refractivity contribution in [2.24, 2.45) is 5.73 Å². The van der Waals surface area contributed by atoms with E-state index in [2.05, 4.69) is 6.07 Å². The van der Waals surface area contributed by atoms with Crippen LogP contribution in [0.15, 0.2) is 35.7 Å². The predicted molar refractivity (Wildman–Crippen MR) is 73.6 cm³/mol. The lowest BCUT2D eigenvalue weighted by molar-refractivity contribution is -0.119. The highest BCUT2D eigenvalue weighted by Crippen LogP contribution is 2.36. The summed E-state index contributed by atoms with van der Waals surface area (Å²) in [6.45, 7) is 0.506. The van der Waals surface area contributed by atoms with E-state index >= 15 is 0 Å². The van der Waals surface area contributed by atoms with Crippen LogP contribution in [-0.4, -0.2) is 5.91 Å². The number of nitriles is 1. The van der Waals surface area contributed by atoms with Gasteiger partial charge in [-0.15, -0.1) is 11.3 Å². The van der Waals surface area contributed by atoms with Crippen molar-refractivity contribution in [3.63, 3.8) is 0 Å². The van der Waals surface area contributed by atoms with Crippen molar-refractivity contribution in [1.82, 2.24) is 0 Å². The number of anilines is 1. The first-order chi connectivity index (χ1) is 9.20. The summed E-state index contributed by atoms with van der Waals surface area (Å²) in [4.78, 5) is 15.0. The Morgan fingerprint density at radius 1 is 1.42 bits per heavy atom. The first-order valence-corrected chi connectivity index (χ1v) is 6.72. The molecule has 2 heterocycles. The molecule has 1 aromatic heterocycles. The zero-order chi connectivity index (χ0) is 13.4. The second-order valence-electron chi connectivity index (χ2n) is 4.37. The predicted octanol–water partition coefficient (Wildman–Crippen LogP) is 2.17. The molecule has 1 aromatic carbocycles. The molecule has 0 aliphatic carbocycles. The summed E-state index contributed by atoms with van der Waals surface area (Å²) in [6, 6.07) is 10.6. The van der Waals surface area contributed by atoms with Gasteiger partial charge in [0.15, 0.2) is 0 Å². The van der Waals surface area contributed by atoms with Gasteiger partial charge in [0.2, 0.25) is 5.91 Å². The van der Waals surface area contributed by atoms with Gasteiger partial charge < -0.3 is 10.6 Å². The van der Waals surface area contributed by atoms with Crippen molar-refractivity contribution in [2.45, 2.75) is 12.6 Å². The number of nitrogens with zero attached hydrogens (tertiary/aromatic N) is 2. The Labute approximate surface area is 114 Å². The molecular formula is C14H11N3OS. The SMILES string of the molecule is N#Cc1ccc2c(c1)N(Cc1cccs1)C(=O)[C@H]2N. The van der Waals surface area contributed by atoms with Gasteiger partial charge in [0.25, 0.3) is 0 Å². The van der Waals surface area contributed by atoms with Crippen LogP contribution in [0.2, 0.25) is 0 Å². The molecule has 1 aliphatic rings. The van der Waals surface area contributed by atoms with E-state index in [1.165, 1.54) is 0 Å². The third kappa shape index (κ3) is 1.91. The Bertz CT molecular complexity index is 672. The van der Waals surface area contributed by atoms with Gasteiger partial charge in [0, 0.05) is 10.4 Å². The average molecular weight is 269 g/mol. The summed E-state index contributed by atoms with van der Waals surface area (Å²) in [6.07, 6.45) is 0. The fraction of sp³-hybridized carbons (Fsp3) is 0.143. The van der Waals surface area contributed by atoms with E-state index in [1.807, 2.05) is 17.5 Å². The van der Waals surface area contributed by atoms with Gasteiger partial charge in [-0.05, 0) is 23.6 Å². The van der Waals surface area contributed by atoms with Crippen LogP contribution >= 0.6 is 11.3 Å². The molecule has 4 nitrogen and oxygen atoms in total. The minimum absolute atomic E-state index is 0.113. The van der Waals surface area contributed by atoms with E-state index in [9.17, 15) is 4.79 Å². The molecule has 3 rings (SSSR count). The molecule has 19 heavy (non-hydrogen) atoms. The highest BCUT2D eigenvalue weighted by molar-refractivity contribution is 7.09. The number of carbonyl (C=O) groups is 1. The first-order valence-electron chi connectivity index (χ1n) is 5.84. The second kappa shape index (κ2) is 4.50. The van der Waals surface area contributed by atoms with Crippen molar-refractivity contribution >= 4 is 22.9 Å². The van der Waals surface area contributed by atoms with Crippen LogP contribution in [0.25, 0.3) is 0 Å². The van der Waals surface area contributed by atoms with Gasteiger partial charge in [-0.2, -0.15) is 5.26 Å². The number of fused-ring (bicyclic) bond motifs is 1. The molecular weight excluding hydrogens is 258 g/mol.